The molecule has 0 rings (SSSR count). The first-order valence-corrected chi connectivity index (χ1v) is 7.58. The fourth-order valence-electron chi connectivity index (χ4n) is 1.16. The van der Waals surface area contributed by atoms with E-state index in [1.165, 1.54) is 0 Å². The second-order valence-electron chi connectivity index (χ2n) is 3.12. The Labute approximate surface area is 70.5 Å². The molecule has 0 aromatic heterocycles. The molecular weight excluding hydrogens is 162 g/mol. The maximum absolute atomic E-state index is 5.87. The molecule has 0 spiro atoms. The Kier molecular flexibility index (Phi) is 4.57. The van der Waals surface area contributed by atoms with Gasteiger partial charge in [-0.05, 0) is 13.1 Å². The van der Waals surface area contributed by atoms with Gasteiger partial charge >= 0.3 is 0 Å². The third-order valence-corrected chi connectivity index (χ3v) is 6.91. The Balaban J connectivity index is 3.97. The molecule has 0 fully saturated rings. The summed E-state index contributed by atoms with van der Waals surface area (Å²) in [6.45, 7) is 11.3. The molecule has 0 N–H and O–H groups in total. The average Bonchev–Trinajstić information content (AvgIpc) is 1.90. The third-order valence-electron chi connectivity index (χ3n) is 1.95. The van der Waals surface area contributed by atoms with Crippen molar-refractivity contribution in [2.24, 2.45) is 0 Å². The monoisotopic (exact) mass is 179 g/mol. The highest BCUT2D eigenvalue weighted by atomic mass is 35.5. The van der Waals surface area contributed by atoms with Crippen molar-refractivity contribution in [2.45, 2.75) is 26.9 Å². The van der Waals surface area contributed by atoms with Crippen molar-refractivity contribution >= 4 is 19.8 Å². The van der Waals surface area contributed by atoms with Crippen LogP contribution >= 0.6 is 11.6 Å². The number of hydrogen-bond donors (Lipinski definition) is 0. The zero-order valence-corrected chi connectivity index (χ0v) is 9.20. The molecule has 3 heteroatoms. The molecule has 0 radical (unpaired) electrons. The molecule has 0 atom stereocenters. The maximum atomic E-state index is 5.87. The van der Waals surface area contributed by atoms with Gasteiger partial charge in [0, 0.05) is 5.50 Å². The lowest BCUT2D eigenvalue weighted by molar-refractivity contribution is 0.469. The summed E-state index contributed by atoms with van der Waals surface area (Å²) in [5.74, 6) is 0. The highest BCUT2D eigenvalue weighted by Gasteiger charge is 2.25. The van der Waals surface area contributed by atoms with Crippen LogP contribution in [0.3, 0.4) is 0 Å². The number of nitrogens with zero attached hydrogens (tertiary/aromatic N) is 1. The molecule has 0 bridgehead atoms. The number of halogens is 1. The summed E-state index contributed by atoms with van der Waals surface area (Å²) in [4.78, 5) is 0. The van der Waals surface area contributed by atoms with E-state index in [1.54, 1.807) is 0 Å². The molecule has 10 heavy (non-hydrogen) atoms. The lowest BCUT2D eigenvalue weighted by atomic mass is 10.7. The fourth-order valence-corrected chi connectivity index (χ4v) is 3.55. The Morgan fingerprint density at radius 3 is 1.70 bits per heavy atom. The van der Waals surface area contributed by atoms with E-state index in [2.05, 4.69) is 31.5 Å². The summed E-state index contributed by atoms with van der Waals surface area (Å²) in [6.07, 6.45) is 0. The van der Waals surface area contributed by atoms with Crippen molar-refractivity contribution in [3.05, 3.63) is 0 Å². The molecule has 0 aromatic carbocycles. The normalized spacial score (nSPS) is 12.6. The minimum absolute atomic E-state index is 0.842. The molecule has 0 heterocycles. The van der Waals surface area contributed by atoms with Crippen molar-refractivity contribution in [3.63, 3.8) is 0 Å². The van der Waals surface area contributed by atoms with Crippen LogP contribution in [0, 0.1) is 0 Å². The Morgan fingerprint density at radius 1 is 1.20 bits per heavy atom. The van der Waals surface area contributed by atoms with Gasteiger partial charge in [0.15, 0.2) is 0 Å². The predicted octanol–water partition coefficient (Wildman–Crippen LogP) is 2.31. The second kappa shape index (κ2) is 4.37. The van der Waals surface area contributed by atoms with E-state index < -0.39 is 8.24 Å². The highest BCUT2D eigenvalue weighted by molar-refractivity contribution is 6.80. The summed E-state index contributed by atoms with van der Waals surface area (Å²) >= 11 is 5.87. The van der Waals surface area contributed by atoms with E-state index >= 15 is 0 Å². The molecule has 0 saturated carbocycles. The molecule has 0 saturated heterocycles. The molecule has 62 valence electrons. The largest absolute Gasteiger partial charge is 0.323 e. The first-order chi connectivity index (χ1) is 4.58. The summed E-state index contributed by atoms with van der Waals surface area (Å²) in [5, 5.41) is 0. The van der Waals surface area contributed by atoms with Crippen LogP contribution < -0.4 is 0 Å². The minimum atomic E-state index is -1.21. The molecule has 1 nitrogen and oxygen atoms in total. The number of hydrogen-bond acceptors (Lipinski definition) is 1. The van der Waals surface area contributed by atoms with Crippen molar-refractivity contribution in [3.8, 4) is 0 Å². The predicted molar refractivity (Wildman–Crippen MR) is 51.1 cm³/mol. The summed E-state index contributed by atoms with van der Waals surface area (Å²) < 4.78 is 2.50. The van der Waals surface area contributed by atoms with Crippen LogP contribution in [-0.4, -0.2) is 31.4 Å². The summed E-state index contributed by atoms with van der Waals surface area (Å²) in [7, 11) is -1.21. The van der Waals surface area contributed by atoms with E-state index in [1.807, 2.05) is 0 Å². The quantitative estimate of drug-likeness (QED) is 0.473. The fraction of sp³-hybridized carbons (Fsp3) is 1.00. The highest BCUT2D eigenvalue weighted by Crippen LogP contribution is 2.10. The van der Waals surface area contributed by atoms with Crippen LogP contribution in [0.4, 0.5) is 0 Å². The van der Waals surface area contributed by atoms with Crippen LogP contribution in [0.25, 0.3) is 0 Å². The van der Waals surface area contributed by atoms with E-state index in [-0.39, 0.29) is 0 Å². The molecule has 0 aliphatic rings. The lowest BCUT2D eigenvalue weighted by Gasteiger charge is -2.33. The van der Waals surface area contributed by atoms with Crippen LogP contribution in [0.2, 0.25) is 13.1 Å². The standard InChI is InChI=1S/C7H18ClNSi/c1-5-9(6-2)10(3,4)7-8/h5-7H2,1-4H3. The summed E-state index contributed by atoms with van der Waals surface area (Å²) in [5.41, 5.74) is 0.842. The van der Waals surface area contributed by atoms with E-state index in [9.17, 15) is 0 Å². The van der Waals surface area contributed by atoms with Gasteiger partial charge in [0.1, 0.15) is 8.24 Å². The van der Waals surface area contributed by atoms with E-state index in [4.69, 9.17) is 11.6 Å². The van der Waals surface area contributed by atoms with Crippen molar-refractivity contribution in [1.82, 2.24) is 4.57 Å². The molecule has 0 aliphatic carbocycles. The summed E-state index contributed by atoms with van der Waals surface area (Å²) in [6, 6.07) is 0. The minimum Gasteiger partial charge on any atom is -0.323 e. The van der Waals surface area contributed by atoms with Gasteiger partial charge in [-0.2, -0.15) is 0 Å². The Bertz CT molecular complexity index is 91.6. The molecule has 0 aromatic rings. The average molecular weight is 180 g/mol. The lowest BCUT2D eigenvalue weighted by Crippen LogP contribution is -2.50. The topological polar surface area (TPSA) is 3.24 Å². The van der Waals surface area contributed by atoms with Crippen LogP contribution in [-0.2, 0) is 0 Å². The van der Waals surface area contributed by atoms with Crippen LogP contribution in [0.15, 0.2) is 0 Å². The van der Waals surface area contributed by atoms with Crippen molar-refractivity contribution < 1.29 is 0 Å². The maximum Gasteiger partial charge on any atom is 0.136 e. The molecular formula is C7H18ClNSi. The van der Waals surface area contributed by atoms with Gasteiger partial charge in [0.05, 0.1) is 0 Å². The smallest absolute Gasteiger partial charge is 0.136 e. The molecule has 0 unspecified atom stereocenters. The Hall–Kier alpha value is 0.467. The zero-order chi connectivity index (χ0) is 8.20. The third kappa shape index (κ3) is 2.60. The van der Waals surface area contributed by atoms with Crippen LogP contribution in [0.1, 0.15) is 13.8 Å². The van der Waals surface area contributed by atoms with Crippen molar-refractivity contribution in [2.75, 3.05) is 18.6 Å². The molecule has 0 aliphatic heterocycles. The van der Waals surface area contributed by atoms with Gasteiger partial charge in [-0.3, -0.25) is 0 Å². The number of rotatable bonds is 4. The first-order valence-electron chi connectivity index (χ1n) is 3.89. The van der Waals surface area contributed by atoms with E-state index in [0.29, 0.717) is 0 Å². The van der Waals surface area contributed by atoms with E-state index in [0.717, 1.165) is 18.6 Å². The zero-order valence-electron chi connectivity index (χ0n) is 7.45. The van der Waals surface area contributed by atoms with Gasteiger partial charge in [0.2, 0.25) is 0 Å². The van der Waals surface area contributed by atoms with Gasteiger partial charge < -0.3 is 4.57 Å². The SMILES string of the molecule is CCN(CC)[Si](C)(C)CCl. The van der Waals surface area contributed by atoms with Crippen molar-refractivity contribution in [1.29, 1.82) is 0 Å². The first kappa shape index (κ1) is 10.5. The van der Waals surface area contributed by atoms with Gasteiger partial charge in [-0.15, -0.1) is 11.6 Å². The van der Waals surface area contributed by atoms with Gasteiger partial charge in [-0.25, -0.2) is 0 Å². The number of alkyl halides is 1. The molecule has 0 amide bonds. The second-order valence-corrected chi connectivity index (χ2v) is 8.44. The van der Waals surface area contributed by atoms with Crippen LogP contribution in [0.5, 0.6) is 0 Å². The Morgan fingerprint density at radius 2 is 1.60 bits per heavy atom. The van der Waals surface area contributed by atoms with Gasteiger partial charge in [0.25, 0.3) is 0 Å². The van der Waals surface area contributed by atoms with Gasteiger partial charge in [-0.1, -0.05) is 26.9 Å².